The lowest BCUT2D eigenvalue weighted by atomic mass is 10.1. The Morgan fingerprint density at radius 2 is 1.89 bits per heavy atom. The van der Waals surface area contributed by atoms with E-state index in [-0.39, 0.29) is 6.54 Å². The number of nitrogens with zero attached hydrogens (tertiary/aromatic N) is 1. The number of carbonyl (C=O) groups is 2. The predicted octanol–water partition coefficient (Wildman–Crippen LogP) is -4.43. The second kappa shape index (κ2) is 8.77. The zero-order valence-corrected chi connectivity index (χ0v) is 15.1. The molecule has 2 heterocycles. The SMILES string of the molecule is O=C(CNC(=O)[C@H]1O[C@@H](n2ccc(=O)[nH]c2=O)[C@@H](O)[C@H]1O)NCCP(=O)(O)O. The number of aliphatic hydroxyl groups is 2. The van der Waals surface area contributed by atoms with E-state index in [9.17, 15) is 34.0 Å². The fourth-order valence-corrected chi connectivity index (χ4v) is 2.81. The highest BCUT2D eigenvalue weighted by Gasteiger charge is 2.47. The molecule has 14 nitrogen and oxygen atoms in total. The molecule has 0 aliphatic carbocycles. The molecular weight excluding hydrogens is 403 g/mol. The van der Waals surface area contributed by atoms with Crippen molar-refractivity contribution in [2.75, 3.05) is 19.3 Å². The summed E-state index contributed by atoms with van der Waals surface area (Å²) in [7, 11) is -4.27. The van der Waals surface area contributed by atoms with E-state index in [4.69, 9.17) is 14.5 Å². The highest BCUT2D eigenvalue weighted by atomic mass is 31.2. The van der Waals surface area contributed by atoms with E-state index in [0.29, 0.717) is 0 Å². The van der Waals surface area contributed by atoms with Crippen molar-refractivity contribution < 1.29 is 38.9 Å². The summed E-state index contributed by atoms with van der Waals surface area (Å²) in [6.07, 6.45) is -6.00. The van der Waals surface area contributed by atoms with Crippen LogP contribution in [0.15, 0.2) is 21.9 Å². The lowest BCUT2D eigenvalue weighted by Gasteiger charge is -2.16. The van der Waals surface area contributed by atoms with Crippen LogP contribution in [-0.4, -0.2) is 78.9 Å². The summed E-state index contributed by atoms with van der Waals surface area (Å²) in [5, 5.41) is 24.3. The molecule has 0 saturated carbocycles. The first-order valence-electron chi connectivity index (χ1n) is 7.91. The van der Waals surface area contributed by atoms with Crippen LogP contribution in [0.25, 0.3) is 0 Å². The molecule has 0 unspecified atom stereocenters. The van der Waals surface area contributed by atoms with Gasteiger partial charge in [-0.25, -0.2) is 4.79 Å². The van der Waals surface area contributed by atoms with Crippen LogP contribution < -0.4 is 21.9 Å². The summed E-state index contributed by atoms with van der Waals surface area (Å²) < 4.78 is 16.7. The largest absolute Gasteiger partial charge is 0.387 e. The number of aromatic nitrogens is 2. The Morgan fingerprint density at radius 1 is 1.21 bits per heavy atom. The molecule has 156 valence electrons. The fourth-order valence-electron chi connectivity index (χ4n) is 2.41. The van der Waals surface area contributed by atoms with E-state index in [2.05, 4.69) is 10.6 Å². The number of hydrogen-bond acceptors (Lipinski definition) is 8. The number of H-pyrrole nitrogens is 1. The van der Waals surface area contributed by atoms with Crippen molar-refractivity contribution >= 4 is 19.4 Å². The lowest BCUT2D eigenvalue weighted by Crippen LogP contribution is -2.46. The fraction of sp³-hybridized carbons (Fsp3) is 0.538. The Bertz CT molecular complexity index is 892. The van der Waals surface area contributed by atoms with Crippen LogP contribution in [0, 0.1) is 0 Å². The zero-order chi connectivity index (χ0) is 21.1. The van der Waals surface area contributed by atoms with Gasteiger partial charge in [0.1, 0.15) is 12.2 Å². The predicted molar refractivity (Wildman–Crippen MR) is 90.2 cm³/mol. The van der Waals surface area contributed by atoms with Crippen molar-refractivity contribution in [3.8, 4) is 0 Å². The van der Waals surface area contributed by atoms with Gasteiger partial charge >= 0.3 is 13.3 Å². The number of aromatic amines is 1. The van der Waals surface area contributed by atoms with Crippen molar-refractivity contribution in [2.45, 2.75) is 24.5 Å². The van der Waals surface area contributed by atoms with Gasteiger partial charge in [0.15, 0.2) is 12.3 Å². The number of aliphatic hydroxyl groups excluding tert-OH is 2. The quantitative estimate of drug-likeness (QED) is 0.209. The minimum atomic E-state index is -4.27. The smallest absolute Gasteiger partial charge is 0.330 e. The number of amides is 2. The van der Waals surface area contributed by atoms with Crippen molar-refractivity contribution in [3.05, 3.63) is 33.1 Å². The summed E-state index contributed by atoms with van der Waals surface area (Å²) >= 11 is 0. The first-order valence-corrected chi connectivity index (χ1v) is 9.71. The van der Waals surface area contributed by atoms with Gasteiger partial charge in [-0.15, -0.1) is 0 Å². The molecular formula is C13H19N4O10P. The molecule has 2 amide bonds. The van der Waals surface area contributed by atoms with Gasteiger partial charge in [-0.2, -0.15) is 0 Å². The summed E-state index contributed by atoms with van der Waals surface area (Å²) in [5.41, 5.74) is -1.61. The van der Waals surface area contributed by atoms with Crippen molar-refractivity contribution in [2.24, 2.45) is 0 Å². The van der Waals surface area contributed by atoms with Crippen LogP contribution in [0.4, 0.5) is 0 Å². The van der Waals surface area contributed by atoms with E-state index in [1.54, 1.807) is 0 Å². The molecule has 1 aromatic heterocycles. The van der Waals surface area contributed by atoms with Gasteiger partial charge in [-0.05, 0) is 0 Å². The van der Waals surface area contributed by atoms with Crippen LogP contribution in [0.3, 0.4) is 0 Å². The van der Waals surface area contributed by atoms with Gasteiger partial charge in [-0.1, -0.05) is 0 Å². The van der Waals surface area contributed by atoms with E-state index >= 15 is 0 Å². The maximum atomic E-state index is 12.1. The number of hydrogen-bond donors (Lipinski definition) is 7. The Kier molecular flexibility index (Phi) is 6.87. The molecule has 2 rings (SSSR count). The van der Waals surface area contributed by atoms with Gasteiger partial charge < -0.3 is 35.4 Å². The zero-order valence-electron chi connectivity index (χ0n) is 14.2. The average molecular weight is 422 g/mol. The molecule has 4 atom stereocenters. The third-order valence-corrected chi connectivity index (χ3v) is 4.58. The van der Waals surface area contributed by atoms with Crippen molar-refractivity contribution in [1.82, 2.24) is 20.2 Å². The Hall–Kier alpha value is -2.35. The summed E-state index contributed by atoms with van der Waals surface area (Å²) in [5.74, 6) is -1.71. The van der Waals surface area contributed by atoms with Gasteiger partial charge in [0, 0.05) is 18.8 Å². The maximum absolute atomic E-state index is 12.1. The van der Waals surface area contributed by atoms with E-state index in [1.165, 1.54) is 0 Å². The highest BCUT2D eigenvalue weighted by Crippen LogP contribution is 2.32. The van der Waals surface area contributed by atoms with Crippen LogP contribution in [-0.2, 0) is 18.9 Å². The Balaban J connectivity index is 1.93. The highest BCUT2D eigenvalue weighted by molar-refractivity contribution is 7.51. The minimum absolute atomic E-state index is 0.308. The summed E-state index contributed by atoms with van der Waals surface area (Å²) in [4.78, 5) is 65.8. The van der Waals surface area contributed by atoms with E-state index in [1.807, 2.05) is 4.98 Å². The lowest BCUT2D eigenvalue weighted by molar-refractivity contribution is -0.139. The molecule has 0 bridgehead atoms. The Labute approximate surface area is 156 Å². The third kappa shape index (κ3) is 5.58. The summed E-state index contributed by atoms with van der Waals surface area (Å²) in [6.45, 7) is -0.886. The van der Waals surface area contributed by atoms with Gasteiger partial charge in [0.05, 0.1) is 12.7 Å². The maximum Gasteiger partial charge on any atom is 0.330 e. The third-order valence-electron chi connectivity index (χ3n) is 3.77. The van der Waals surface area contributed by atoms with E-state index in [0.717, 1.165) is 16.8 Å². The molecule has 1 aliphatic heterocycles. The molecule has 0 aromatic carbocycles. The van der Waals surface area contributed by atoms with Gasteiger partial charge in [0.2, 0.25) is 5.91 Å². The van der Waals surface area contributed by atoms with Crippen LogP contribution in [0.5, 0.6) is 0 Å². The number of nitrogens with one attached hydrogen (secondary N) is 3. The van der Waals surface area contributed by atoms with Crippen molar-refractivity contribution in [1.29, 1.82) is 0 Å². The topological polar surface area (TPSA) is 220 Å². The first-order chi connectivity index (χ1) is 13.0. The van der Waals surface area contributed by atoms with Crippen molar-refractivity contribution in [3.63, 3.8) is 0 Å². The standard InChI is InChI=1S/C13H19N4O10P/c18-6-1-3-17(13(23)16-6)12-9(21)8(20)10(27-12)11(22)15-5-7(19)14-2-4-28(24,25)26/h1,3,8-10,12,20-21H,2,4-5H2,(H,14,19)(H,15,22)(H,16,18,23)(H2,24,25,26)/t8-,9+,10+,12-/m1/s1. The van der Waals surface area contributed by atoms with Crippen LogP contribution >= 0.6 is 7.60 Å². The monoisotopic (exact) mass is 422 g/mol. The average Bonchev–Trinajstić information content (AvgIpc) is 2.87. The molecule has 1 aliphatic rings. The minimum Gasteiger partial charge on any atom is -0.387 e. The molecule has 1 fully saturated rings. The normalized spacial score (nSPS) is 24.7. The molecule has 1 aromatic rings. The Morgan fingerprint density at radius 3 is 2.50 bits per heavy atom. The second-order valence-corrected chi connectivity index (χ2v) is 7.68. The van der Waals surface area contributed by atoms with Gasteiger partial charge in [-0.3, -0.25) is 28.5 Å². The molecule has 15 heteroatoms. The number of carbonyl (C=O) groups excluding carboxylic acids is 2. The van der Waals surface area contributed by atoms with E-state index < -0.39 is 67.9 Å². The summed E-state index contributed by atoms with van der Waals surface area (Å²) in [6, 6.07) is 0.985. The number of ether oxygens (including phenoxy) is 1. The number of rotatable bonds is 7. The molecule has 1 saturated heterocycles. The van der Waals surface area contributed by atoms with Crippen LogP contribution in [0.1, 0.15) is 6.23 Å². The molecule has 7 N–H and O–H groups in total. The first kappa shape index (κ1) is 21.9. The molecule has 0 spiro atoms. The van der Waals surface area contributed by atoms with Crippen LogP contribution in [0.2, 0.25) is 0 Å². The molecule has 0 radical (unpaired) electrons. The van der Waals surface area contributed by atoms with Gasteiger partial charge in [0.25, 0.3) is 11.5 Å². The molecule has 28 heavy (non-hydrogen) atoms. The second-order valence-electron chi connectivity index (χ2n) is 5.90.